The van der Waals surface area contributed by atoms with Gasteiger partial charge in [0.2, 0.25) is 0 Å². The van der Waals surface area contributed by atoms with Crippen LogP contribution in [0.15, 0.2) is 18.2 Å². The lowest BCUT2D eigenvalue weighted by atomic mass is 9.85. The van der Waals surface area contributed by atoms with Gasteiger partial charge < -0.3 is 0 Å². The van der Waals surface area contributed by atoms with Gasteiger partial charge >= 0.3 is 0 Å². The van der Waals surface area contributed by atoms with Gasteiger partial charge in [0.25, 0.3) is 0 Å². The van der Waals surface area contributed by atoms with E-state index in [1.165, 1.54) is 6.07 Å². The lowest BCUT2D eigenvalue weighted by Crippen LogP contribution is -2.39. The van der Waals surface area contributed by atoms with Crippen molar-refractivity contribution in [2.45, 2.75) is 46.6 Å². The minimum atomic E-state index is -0.181. The average molecular weight is 238 g/mol. The molecule has 1 atom stereocenters. The molecule has 3 heteroatoms. The first-order chi connectivity index (χ1) is 7.81. The van der Waals surface area contributed by atoms with Gasteiger partial charge in [0.05, 0.1) is 0 Å². The van der Waals surface area contributed by atoms with Crippen molar-refractivity contribution in [1.29, 1.82) is 0 Å². The normalized spacial score (nSPS) is 13.8. The second kappa shape index (κ2) is 5.61. The van der Waals surface area contributed by atoms with Crippen LogP contribution in [0.1, 0.15) is 38.3 Å². The topological polar surface area (TPSA) is 38.0 Å². The van der Waals surface area contributed by atoms with E-state index >= 15 is 0 Å². The first-order valence-corrected chi connectivity index (χ1v) is 6.03. The summed E-state index contributed by atoms with van der Waals surface area (Å²) < 4.78 is 13.0. The molecule has 0 heterocycles. The fourth-order valence-electron chi connectivity index (χ4n) is 2.08. The second-order valence-electron chi connectivity index (χ2n) is 5.90. The summed E-state index contributed by atoms with van der Waals surface area (Å²) in [6.45, 7) is 8.50. The Labute approximate surface area is 103 Å². The van der Waals surface area contributed by atoms with Gasteiger partial charge in [0.15, 0.2) is 0 Å². The number of benzene rings is 1. The number of hydrazine groups is 1. The molecular formula is C14H23FN2. The molecule has 0 aromatic heterocycles. The Morgan fingerprint density at radius 3 is 2.47 bits per heavy atom. The lowest BCUT2D eigenvalue weighted by Gasteiger charge is -2.26. The van der Waals surface area contributed by atoms with E-state index in [1.54, 1.807) is 6.07 Å². The number of halogens is 1. The Bertz CT molecular complexity index is 369. The van der Waals surface area contributed by atoms with Crippen molar-refractivity contribution >= 4 is 0 Å². The molecule has 0 spiro atoms. The molecule has 1 aromatic rings. The maximum atomic E-state index is 13.0. The number of aryl methyl sites for hydroxylation is 1. The molecule has 1 unspecified atom stereocenters. The Morgan fingerprint density at radius 2 is 2.00 bits per heavy atom. The van der Waals surface area contributed by atoms with Crippen molar-refractivity contribution in [1.82, 2.24) is 5.43 Å². The van der Waals surface area contributed by atoms with Crippen LogP contribution in [0.4, 0.5) is 4.39 Å². The molecule has 0 aliphatic heterocycles. The molecule has 0 amide bonds. The highest BCUT2D eigenvalue weighted by molar-refractivity contribution is 5.27. The average Bonchev–Trinajstić information content (AvgIpc) is 2.19. The first-order valence-electron chi connectivity index (χ1n) is 6.03. The van der Waals surface area contributed by atoms with Gasteiger partial charge in [-0.25, -0.2) is 4.39 Å². The number of hydrogen-bond donors (Lipinski definition) is 2. The third-order valence-electron chi connectivity index (χ3n) is 2.87. The zero-order chi connectivity index (χ0) is 13.1. The second-order valence-corrected chi connectivity index (χ2v) is 5.90. The lowest BCUT2D eigenvalue weighted by molar-refractivity contribution is 0.308. The van der Waals surface area contributed by atoms with Crippen molar-refractivity contribution in [3.63, 3.8) is 0 Å². The monoisotopic (exact) mass is 238 g/mol. The highest BCUT2D eigenvalue weighted by atomic mass is 19.1. The van der Waals surface area contributed by atoms with Gasteiger partial charge in [-0.2, -0.15) is 0 Å². The number of hydrogen-bond acceptors (Lipinski definition) is 2. The first kappa shape index (κ1) is 14.1. The zero-order valence-corrected chi connectivity index (χ0v) is 11.2. The molecular weight excluding hydrogens is 215 g/mol. The molecule has 0 saturated carbocycles. The van der Waals surface area contributed by atoms with Crippen LogP contribution in [0.2, 0.25) is 0 Å². The molecule has 0 saturated heterocycles. The van der Waals surface area contributed by atoms with E-state index in [0.717, 1.165) is 24.0 Å². The van der Waals surface area contributed by atoms with Crippen LogP contribution in [-0.4, -0.2) is 6.04 Å². The Morgan fingerprint density at radius 1 is 1.35 bits per heavy atom. The van der Waals surface area contributed by atoms with Gasteiger partial charge in [-0.3, -0.25) is 11.3 Å². The predicted octanol–water partition coefficient (Wildman–Crippen LogP) is 2.94. The van der Waals surface area contributed by atoms with Crippen molar-refractivity contribution < 1.29 is 4.39 Å². The van der Waals surface area contributed by atoms with E-state index in [-0.39, 0.29) is 17.3 Å². The van der Waals surface area contributed by atoms with Crippen molar-refractivity contribution in [3.05, 3.63) is 35.1 Å². The SMILES string of the molecule is Cc1cc(F)ccc1CC(CC(C)(C)C)NN. The van der Waals surface area contributed by atoms with Crippen molar-refractivity contribution in [2.24, 2.45) is 11.3 Å². The molecule has 1 aromatic carbocycles. The molecule has 0 fully saturated rings. The van der Waals surface area contributed by atoms with E-state index in [2.05, 4.69) is 26.2 Å². The van der Waals surface area contributed by atoms with Crippen LogP contribution < -0.4 is 11.3 Å². The fraction of sp³-hybridized carbons (Fsp3) is 0.571. The maximum absolute atomic E-state index is 13.0. The molecule has 0 bridgehead atoms. The Hall–Kier alpha value is -0.930. The number of rotatable bonds is 4. The van der Waals surface area contributed by atoms with Crippen molar-refractivity contribution in [2.75, 3.05) is 0 Å². The highest BCUT2D eigenvalue weighted by Crippen LogP contribution is 2.23. The van der Waals surface area contributed by atoms with Crippen LogP contribution in [0, 0.1) is 18.2 Å². The van der Waals surface area contributed by atoms with Crippen LogP contribution in [-0.2, 0) is 6.42 Å². The van der Waals surface area contributed by atoms with E-state index in [1.807, 2.05) is 13.0 Å². The molecule has 1 rings (SSSR count). The summed E-state index contributed by atoms with van der Waals surface area (Å²) in [5.74, 6) is 5.40. The summed E-state index contributed by atoms with van der Waals surface area (Å²) in [5.41, 5.74) is 5.22. The third kappa shape index (κ3) is 4.84. The van der Waals surface area contributed by atoms with E-state index in [4.69, 9.17) is 5.84 Å². The van der Waals surface area contributed by atoms with Crippen LogP contribution >= 0.6 is 0 Å². The van der Waals surface area contributed by atoms with E-state index in [0.29, 0.717) is 0 Å². The summed E-state index contributed by atoms with van der Waals surface area (Å²) in [5, 5.41) is 0. The minimum Gasteiger partial charge on any atom is -0.271 e. The van der Waals surface area contributed by atoms with Gasteiger partial charge in [-0.15, -0.1) is 0 Å². The molecule has 0 aliphatic rings. The van der Waals surface area contributed by atoms with Crippen LogP contribution in [0.25, 0.3) is 0 Å². The maximum Gasteiger partial charge on any atom is 0.123 e. The molecule has 3 N–H and O–H groups in total. The summed E-state index contributed by atoms with van der Waals surface area (Å²) in [4.78, 5) is 0. The zero-order valence-electron chi connectivity index (χ0n) is 11.2. The standard InChI is InChI=1S/C14H23FN2/c1-10-7-12(15)6-5-11(10)8-13(17-16)9-14(2,3)4/h5-7,13,17H,8-9,16H2,1-4H3. The third-order valence-corrected chi connectivity index (χ3v) is 2.87. The minimum absolute atomic E-state index is 0.181. The predicted molar refractivity (Wildman–Crippen MR) is 70.0 cm³/mol. The van der Waals surface area contributed by atoms with Crippen molar-refractivity contribution in [3.8, 4) is 0 Å². The molecule has 0 aliphatic carbocycles. The quantitative estimate of drug-likeness (QED) is 0.625. The fourth-order valence-corrected chi connectivity index (χ4v) is 2.08. The van der Waals surface area contributed by atoms with E-state index < -0.39 is 0 Å². The van der Waals surface area contributed by atoms with E-state index in [9.17, 15) is 4.39 Å². The molecule has 2 nitrogen and oxygen atoms in total. The summed E-state index contributed by atoms with van der Waals surface area (Å²) >= 11 is 0. The summed E-state index contributed by atoms with van der Waals surface area (Å²) in [7, 11) is 0. The van der Waals surface area contributed by atoms with Gasteiger partial charge in [-0.05, 0) is 48.4 Å². The van der Waals surface area contributed by atoms with Crippen LogP contribution in [0.5, 0.6) is 0 Å². The highest BCUT2D eigenvalue weighted by Gasteiger charge is 2.18. The molecule has 17 heavy (non-hydrogen) atoms. The molecule has 0 radical (unpaired) electrons. The van der Waals surface area contributed by atoms with Crippen LogP contribution in [0.3, 0.4) is 0 Å². The smallest absolute Gasteiger partial charge is 0.123 e. The van der Waals surface area contributed by atoms with Gasteiger partial charge in [-0.1, -0.05) is 26.8 Å². The largest absolute Gasteiger partial charge is 0.271 e. The van der Waals surface area contributed by atoms with Gasteiger partial charge in [0, 0.05) is 6.04 Å². The summed E-state index contributed by atoms with van der Waals surface area (Å²) in [6, 6.07) is 5.14. The van der Waals surface area contributed by atoms with Gasteiger partial charge in [0.1, 0.15) is 5.82 Å². The number of nitrogens with one attached hydrogen (secondary N) is 1. The molecule has 96 valence electrons. The Kier molecular flexibility index (Phi) is 4.66. The summed E-state index contributed by atoms with van der Waals surface area (Å²) in [6.07, 6.45) is 1.82. The number of nitrogens with two attached hydrogens (primary N) is 1. The Balaban J connectivity index is 2.74.